The summed E-state index contributed by atoms with van der Waals surface area (Å²) in [6, 6.07) is 2.01. The van der Waals surface area contributed by atoms with Crippen LogP contribution in [0.4, 0.5) is 4.79 Å². The molecule has 1 aromatic rings. The quantitative estimate of drug-likeness (QED) is 0.634. The molecule has 1 aromatic heterocycles. The van der Waals surface area contributed by atoms with Gasteiger partial charge < -0.3 is 9.64 Å². The molecular weight excluding hydrogens is 274 g/mol. The molecule has 1 aliphatic heterocycles. The second-order valence-corrected chi connectivity index (χ2v) is 6.80. The number of carbonyl (C=O) groups is 1. The molecule has 0 spiro atoms. The minimum absolute atomic E-state index is 0.207. The van der Waals surface area contributed by atoms with Crippen molar-refractivity contribution >= 4 is 17.9 Å². The second kappa shape index (κ2) is 6.43. The van der Waals surface area contributed by atoms with Gasteiger partial charge in [0.1, 0.15) is 5.60 Å². The number of nitrogens with zero attached hydrogens (tertiary/aromatic N) is 3. The van der Waals surface area contributed by atoms with E-state index in [1.165, 1.54) is 0 Å². The van der Waals surface area contributed by atoms with Crippen LogP contribution in [-0.4, -0.2) is 44.9 Å². The molecule has 0 saturated carbocycles. The summed E-state index contributed by atoms with van der Waals surface area (Å²) in [6.07, 6.45) is 5.29. The molecule has 2 heterocycles. The number of carbonyl (C=O) groups excluding carboxylic acids is 1. The van der Waals surface area contributed by atoms with E-state index >= 15 is 0 Å². The van der Waals surface area contributed by atoms with E-state index < -0.39 is 5.60 Å². The number of hydrogen-bond donors (Lipinski definition) is 0. The van der Waals surface area contributed by atoms with Crippen LogP contribution in [0.5, 0.6) is 0 Å². The van der Waals surface area contributed by atoms with Crippen molar-refractivity contribution in [1.29, 1.82) is 0 Å². The fourth-order valence-electron chi connectivity index (χ4n) is 2.10. The molecule has 0 aliphatic carbocycles. The molecule has 110 valence electrons. The third kappa shape index (κ3) is 4.37. The van der Waals surface area contributed by atoms with Crippen LogP contribution in [0.25, 0.3) is 0 Å². The lowest BCUT2D eigenvalue weighted by molar-refractivity contribution is 0.0242. The zero-order valence-electron chi connectivity index (χ0n) is 12.2. The summed E-state index contributed by atoms with van der Waals surface area (Å²) in [5.41, 5.74) is -0.445. The minimum atomic E-state index is -0.445. The number of thioether (sulfide) groups is 1. The molecular formula is C14H21N3O2S. The van der Waals surface area contributed by atoms with Crippen LogP contribution < -0.4 is 0 Å². The lowest BCUT2D eigenvalue weighted by atomic mass is 10.2. The molecule has 20 heavy (non-hydrogen) atoms. The van der Waals surface area contributed by atoms with Crippen molar-refractivity contribution in [2.24, 2.45) is 0 Å². The van der Waals surface area contributed by atoms with Crippen molar-refractivity contribution in [2.45, 2.75) is 50.4 Å². The first-order chi connectivity index (χ1) is 9.46. The van der Waals surface area contributed by atoms with E-state index in [2.05, 4.69) is 9.97 Å². The fourth-order valence-corrected chi connectivity index (χ4v) is 3.06. The van der Waals surface area contributed by atoms with Gasteiger partial charge in [-0.2, -0.15) is 0 Å². The number of aromatic nitrogens is 2. The summed E-state index contributed by atoms with van der Waals surface area (Å²) in [5.74, 6) is 0.809. The maximum atomic E-state index is 12.1. The molecule has 0 N–H and O–H groups in total. The number of rotatable bonds is 3. The Bertz CT molecular complexity index is 447. The van der Waals surface area contributed by atoms with Crippen LogP contribution in [0.15, 0.2) is 23.6 Å². The molecule has 1 atom stereocenters. The number of likely N-dealkylation sites (tertiary alicyclic amines) is 1. The molecule has 0 aromatic carbocycles. The second-order valence-electron chi connectivity index (χ2n) is 5.81. The lowest BCUT2D eigenvalue weighted by Crippen LogP contribution is -2.40. The monoisotopic (exact) mass is 295 g/mol. The summed E-state index contributed by atoms with van der Waals surface area (Å²) in [5, 5.41) is 0.753. The molecule has 5 nitrogen and oxygen atoms in total. The van der Waals surface area contributed by atoms with Crippen LogP contribution >= 0.6 is 11.8 Å². The first kappa shape index (κ1) is 15.1. The van der Waals surface area contributed by atoms with Gasteiger partial charge in [-0.15, -0.1) is 0 Å². The van der Waals surface area contributed by atoms with Crippen molar-refractivity contribution in [3.05, 3.63) is 18.5 Å². The highest BCUT2D eigenvalue weighted by Gasteiger charge is 2.32. The zero-order valence-corrected chi connectivity index (χ0v) is 13.0. The summed E-state index contributed by atoms with van der Waals surface area (Å²) in [7, 11) is 0. The highest BCUT2D eigenvalue weighted by molar-refractivity contribution is 7.99. The molecule has 1 unspecified atom stereocenters. The Morgan fingerprint density at radius 3 is 2.80 bits per heavy atom. The first-order valence-electron chi connectivity index (χ1n) is 6.85. The third-order valence-electron chi connectivity index (χ3n) is 2.95. The molecule has 1 amide bonds. The van der Waals surface area contributed by atoms with E-state index in [1.807, 2.05) is 25.7 Å². The van der Waals surface area contributed by atoms with E-state index in [-0.39, 0.29) is 12.1 Å². The Hall–Kier alpha value is -1.30. The maximum absolute atomic E-state index is 12.1. The number of hydrogen-bond acceptors (Lipinski definition) is 5. The van der Waals surface area contributed by atoms with Crippen molar-refractivity contribution in [1.82, 2.24) is 14.9 Å². The molecule has 1 saturated heterocycles. The normalized spacial score (nSPS) is 19.1. The molecule has 0 bridgehead atoms. The lowest BCUT2D eigenvalue weighted by Gasteiger charge is -2.28. The Labute approximate surface area is 124 Å². The average molecular weight is 295 g/mol. The van der Waals surface area contributed by atoms with E-state index in [0.29, 0.717) is 0 Å². The number of amides is 1. The van der Waals surface area contributed by atoms with Gasteiger partial charge in [0.15, 0.2) is 5.16 Å². The van der Waals surface area contributed by atoms with Crippen molar-refractivity contribution in [3.63, 3.8) is 0 Å². The highest BCUT2D eigenvalue weighted by Crippen LogP contribution is 2.25. The Morgan fingerprint density at radius 1 is 1.45 bits per heavy atom. The van der Waals surface area contributed by atoms with Gasteiger partial charge in [-0.1, -0.05) is 11.8 Å². The average Bonchev–Trinajstić information content (AvgIpc) is 2.84. The summed E-state index contributed by atoms with van der Waals surface area (Å²) in [6.45, 7) is 6.45. The van der Waals surface area contributed by atoms with Gasteiger partial charge in [-0.05, 0) is 39.7 Å². The Kier molecular flexibility index (Phi) is 4.86. The van der Waals surface area contributed by atoms with Crippen LogP contribution in [0.1, 0.15) is 33.6 Å². The van der Waals surface area contributed by atoms with E-state index in [0.717, 1.165) is 30.3 Å². The van der Waals surface area contributed by atoms with Crippen molar-refractivity contribution < 1.29 is 9.53 Å². The van der Waals surface area contributed by atoms with Crippen molar-refractivity contribution in [2.75, 3.05) is 12.3 Å². The summed E-state index contributed by atoms with van der Waals surface area (Å²) in [4.78, 5) is 22.4. The van der Waals surface area contributed by atoms with Gasteiger partial charge in [-0.3, -0.25) is 0 Å². The van der Waals surface area contributed by atoms with E-state index in [9.17, 15) is 4.79 Å². The van der Waals surface area contributed by atoms with Gasteiger partial charge in [0.05, 0.1) is 0 Å². The topological polar surface area (TPSA) is 55.3 Å². The van der Waals surface area contributed by atoms with Gasteiger partial charge in [-0.25, -0.2) is 14.8 Å². The van der Waals surface area contributed by atoms with Gasteiger partial charge in [0.2, 0.25) is 0 Å². The Balaban J connectivity index is 1.89. The van der Waals surface area contributed by atoms with Crippen LogP contribution in [0.3, 0.4) is 0 Å². The molecule has 6 heteroatoms. The number of ether oxygens (including phenoxy) is 1. The van der Waals surface area contributed by atoms with Crippen LogP contribution in [-0.2, 0) is 4.74 Å². The smallest absolute Gasteiger partial charge is 0.410 e. The largest absolute Gasteiger partial charge is 0.444 e. The SMILES string of the molecule is CC(C)(C)OC(=O)N1CCCC1CSc1ncccn1. The molecule has 0 radical (unpaired) electrons. The predicted octanol–water partition coefficient (Wildman–Crippen LogP) is 2.97. The van der Waals surface area contributed by atoms with Gasteiger partial charge >= 0.3 is 6.09 Å². The third-order valence-corrected chi connectivity index (χ3v) is 3.97. The first-order valence-corrected chi connectivity index (χ1v) is 7.84. The summed E-state index contributed by atoms with van der Waals surface area (Å²) < 4.78 is 5.45. The Morgan fingerprint density at radius 2 is 2.15 bits per heavy atom. The summed E-state index contributed by atoms with van der Waals surface area (Å²) >= 11 is 1.59. The van der Waals surface area contributed by atoms with Crippen LogP contribution in [0, 0.1) is 0 Å². The zero-order chi connectivity index (χ0) is 14.6. The molecule has 1 fully saturated rings. The van der Waals surface area contributed by atoms with Crippen LogP contribution in [0.2, 0.25) is 0 Å². The van der Waals surface area contributed by atoms with Gasteiger partial charge in [0, 0.05) is 30.7 Å². The molecule has 1 aliphatic rings. The fraction of sp³-hybridized carbons (Fsp3) is 0.643. The predicted molar refractivity (Wildman–Crippen MR) is 78.7 cm³/mol. The van der Waals surface area contributed by atoms with E-state index in [1.54, 1.807) is 30.2 Å². The standard InChI is InChI=1S/C14H21N3O2S/c1-14(2,3)19-13(18)17-9-4-6-11(17)10-20-12-15-7-5-8-16-12/h5,7-8,11H,4,6,9-10H2,1-3H3. The van der Waals surface area contributed by atoms with Crippen molar-refractivity contribution in [3.8, 4) is 0 Å². The molecule has 2 rings (SSSR count). The van der Waals surface area contributed by atoms with Gasteiger partial charge in [0.25, 0.3) is 0 Å². The minimum Gasteiger partial charge on any atom is -0.444 e. The highest BCUT2D eigenvalue weighted by atomic mass is 32.2. The van der Waals surface area contributed by atoms with E-state index in [4.69, 9.17) is 4.74 Å². The maximum Gasteiger partial charge on any atom is 0.410 e.